The molecule has 1 aliphatic heterocycles. The SMILES string of the molecule is CCCC(OC(C)=O)C1=C(Br)C(=C(C)C)OC1=O. The Bertz CT molecular complexity index is 430. The summed E-state index contributed by atoms with van der Waals surface area (Å²) in [6, 6.07) is 0. The molecule has 0 bridgehead atoms. The maximum Gasteiger partial charge on any atom is 0.344 e. The normalized spacial score (nSPS) is 16.7. The molecule has 0 saturated carbocycles. The number of esters is 2. The zero-order valence-electron chi connectivity index (χ0n) is 11.0. The van der Waals surface area contributed by atoms with Gasteiger partial charge >= 0.3 is 11.9 Å². The molecule has 0 aromatic rings. The Labute approximate surface area is 115 Å². The highest BCUT2D eigenvalue weighted by molar-refractivity contribution is 9.12. The Balaban J connectivity index is 3.13. The smallest absolute Gasteiger partial charge is 0.344 e. The van der Waals surface area contributed by atoms with Gasteiger partial charge in [0.15, 0.2) is 0 Å². The summed E-state index contributed by atoms with van der Waals surface area (Å²) in [4.78, 5) is 23.0. The zero-order chi connectivity index (χ0) is 13.9. The highest BCUT2D eigenvalue weighted by Gasteiger charge is 2.35. The Hall–Kier alpha value is -1.10. The third-order valence-electron chi connectivity index (χ3n) is 2.49. The van der Waals surface area contributed by atoms with Crippen molar-refractivity contribution in [1.29, 1.82) is 0 Å². The second-order valence-corrected chi connectivity index (χ2v) is 5.13. The third kappa shape index (κ3) is 3.22. The van der Waals surface area contributed by atoms with Gasteiger partial charge in [-0.15, -0.1) is 0 Å². The fourth-order valence-corrected chi connectivity index (χ4v) is 2.62. The number of allylic oxidation sites excluding steroid dienone is 2. The van der Waals surface area contributed by atoms with Gasteiger partial charge in [0.25, 0.3) is 0 Å². The lowest BCUT2D eigenvalue weighted by atomic mass is 10.1. The molecule has 0 spiro atoms. The van der Waals surface area contributed by atoms with Crippen LogP contribution in [0.15, 0.2) is 21.4 Å². The van der Waals surface area contributed by atoms with Gasteiger partial charge < -0.3 is 9.47 Å². The second kappa shape index (κ2) is 6.18. The minimum Gasteiger partial charge on any atom is -0.457 e. The summed E-state index contributed by atoms with van der Waals surface area (Å²) in [6.07, 6.45) is 0.847. The molecule has 0 fully saturated rings. The maximum absolute atomic E-state index is 11.9. The number of cyclic esters (lactones) is 1. The summed E-state index contributed by atoms with van der Waals surface area (Å²) in [5, 5.41) is 0. The number of ether oxygens (including phenoxy) is 2. The van der Waals surface area contributed by atoms with Crippen molar-refractivity contribution in [2.45, 2.75) is 46.6 Å². The molecule has 100 valence electrons. The highest BCUT2D eigenvalue weighted by atomic mass is 79.9. The average Bonchev–Trinajstić information content (AvgIpc) is 2.53. The van der Waals surface area contributed by atoms with Crippen molar-refractivity contribution >= 4 is 27.9 Å². The monoisotopic (exact) mass is 316 g/mol. The molecule has 1 heterocycles. The third-order valence-corrected chi connectivity index (χ3v) is 3.27. The summed E-state index contributed by atoms with van der Waals surface area (Å²) in [7, 11) is 0. The molecule has 1 aliphatic rings. The summed E-state index contributed by atoms with van der Waals surface area (Å²) in [5.41, 5.74) is 1.28. The predicted octanol–water partition coefficient (Wildman–Crippen LogP) is 3.22. The summed E-state index contributed by atoms with van der Waals surface area (Å²) >= 11 is 3.36. The topological polar surface area (TPSA) is 52.6 Å². The predicted molar refractivity (Wildman–Crippen MR) is 70.9 cm³/mol. The first-order valence-electron chi connectivity index (χ1n) is 5.85. The molecule has 4 nitrogen and oxygen atoms in total. The Morgan fingerprint density at radius 3 is 2.39 bits per heavy atom. The summed E-state index contributed by atoms with van der Waals surface area (Å²) in [6.45, 7) is 7.01. The standard InChI is InChI=1S/C13H17BrO4/c1-5-6-9(17-8(4)15)10-11(14)12(7(2)3)18-13(10)16/h9H,5-6H2,1-4H3. The van der Waals surface area contributed by atoms with Crippen LogP contribution in [0.4, 0.5) is 0 Å². The van der Waals surface area contributed by atoms with E-state index in [1.807, 2.05) is 20.8 Å². The van der Waals surface area contributed by atoms with E-state index in [9.17, 15) is 9.59 Å². The Morgan fingerprint density at radius 2 is 2.00 bits per heavy atom. The minimum absolute atomic E-state index is 0.392. The summed E-state index contributed by atoms with van der Waals surface area (Å²) < 4.78 is 11.0. The number of halogens is 1. The number of rotatable bonds is 4. The molecule has 1 unspecified atom stereocenters. The van der Waals surface area contributed by atoms with Gasteiger partial charge in [-0.1, -0.05) is 13.3 Å². The van der Waals surface area contributed by atoms with Crippen molar-refractivity contribution in [2.75, 3.05) is 0 Å². The van der Waals surface area contributed by atoms with Crippen LogP contribution in [0.1, 0.15) is 40.5 Å². The lowest BCUT2D eigenvalue weighted by molar-refractivity contribution is -0.146. The van der Waals surface area contributed by atoms with Gasteiger partial charge in [-0.25, -0.2) is 4.79 Å². The van der Waals surface area contributed by atoms with Gasteiger partial charge in [0.05, 0.1) is 10.1 Å². The van der Waals surface area contributed by atoms with Crippen LogP contribution in [0.25, 0.3) is 0 Å². The lowest BCUT2D eigenvalue weighted by Crippen LogP contribution is -2.22. The summed E-state index contributed by atoms with van der Waals surface area (Å²) in [5.74, 6) is -0.333. The highest BCUT2D eigenvalue weighted by Crippen LogP contribution is 2.36. The van der Waals surface area contributed by atoms with Crippen LogP contribution in [0, 0.1) is 0 Å². The van der Waals surface area contributed by atoms with E-state index in [0.717, 1.165) is 12.0 Å². The number of carbonyl (C=O) groups is 2. The van der Waals surface area contributed by atoms with E-state index >= 15 is 0 Å². The van der Waals surface area contributed by atoms with E-state index in [-0.39, 0.29) is 0 Å². The van der Waals surface area contributed by atoms with Crippen LogP contribution < -0.4 is 0 Å². The van der Waals surface area contributed by atoms with Crippen LogP contribution in [-0.2, 0) is 19.1 Å². The van der Waals surface area contributed by atoms with Crippen molar-refractivity contribution in [3.63, 3.8) is 0 Å². The van der Waals surface area contributed by atoms with Crippen molar-refractivity contribution in [2.24, 2.45) is 0 Å². The van der Waals surface area contributed by atoms with Crippen LogP contribution in [0.2, 0.25) is 0 Å². The van der Waals surface area contributed by atoms with Gasteiger partial charge in [0.2, 0.25) is 0 Å². The molecule has 0 aromatic carbocycles. The molecule has 1 atom stereocenters. The molecular formula is C13H17BrO4. The first-order valence-corrected chi connectivity index (χ1v) is 6.64. The van der Waals surface area contributed by atoms with E-state index in [1.165, 1.54) is 6.92 Å². The van der Waals surface area contributed by atoms with E-state index in [1.54, 1.807) is 0 Å². The fraction of sp³-hybridized carbons (Fsp3) is 0.538. The number of hydrogen-bond donors (Lipinski definition) is 0. The molecule has 0 aromatic heterocycles. The second-order valence-electron chi connectivity index (χ2n) is 4.33. The average molecular weight is 317 g/mol. The van der Waals surface area contributed by atoms with Crippen molar-refractivity contribution in [3.8, 4) is 0 Å². The van der Waals surface area contributed by atoms with E-state index in [4.69, 9.17) is 9.47 Å². The van der Waals surface area contributed by atoms with Crippen LogP contribution in [-0.4, -0.2) is 18.0 Å². The zero-order valence-corrected chi connectivity index (χ0v) is 12.6. The van der Waals surface area contributed by atoms with Gasteiger partial charge in [0.1, 0.15) is 11.9 Å². The fourth-order valence-electron chi connectivity index (χ4n) is 1.72. The van der Waals surface area contributed by atoms with E-state index < -0.39 is 18.0 Å². The van der Waals surface area contributed by atoms with Crippen LogP contribution in [0.3, 0.4) is 0 Å². The molecule has 0 N–H and O–H groups in total. The van der Waals surface area contributed by atoms with E-state index in [2.05, 4.69) is 15.9 Å². The Kier molecular flexibility index (Phi) is 5.14. The molecule has 0 radical (unpaired) electrons. The van der Waals surface area contributed by atoms with Gasteiger partial charge in [-0.05, 0) is 41.8 Å². The quantitative estimate of drug-likeness (QED) is 0.747. The molecule has 5 heteroatoms. The maximum atomic E-state index is 11.9. The van der Waals surface area contributed by atoms with Crippen LogP contribution in [0.5, 0.6) is 0 Å². The minimum atomic E-state index is -0.550. The lowest BCUT2D eigenvalue weighted by Gasteiger charge is -2.15. The molecule has 1 rings (SSSR count). The van der Waals surface area contributed by atoms with Crippen molar-refractivity contribution < 1.29 is 19.1 Å². The molecular weight excluding hydrogens is 300 g/mol. The Morgan fingerprint density at radius 1 is 1.39 bits per heavy atom. The number of carbonyl (C=O) groups excluding carboxylic acids is 2. The largest absolute Gasteiger partial charge is 0.457 e. The first kappa shape index (κ1) is 15.0. The molecule has 0 aliphatic carbocycles. The van der Waals surface area contributed by atoms with Crippen molar-refractivity contribution in [3.05, 3.63) is 21.4 Å². The molecule has 18 heavy (non-hydrogen) atoms. The molecule has 0 amide bonds. The van der Waals surface area contributed by atoms with Crippen molar-refractivity contribution in [1.82, 2.24) is 0 Å². The van der Waals surface area contributed by atoms with Gasteiger partial charge in [-0.3, -0.25) is 4.79 Å². The van der Waals surface area contributed by atoms with Gasteiger partial charge in [-0.2, -0.15) is 0 Å². The molecule has 0 saturated heterocycles. The van der Waals surface area contributed by atoms with Crippen LogP contribution >= 0.6 is 15.9 Å². The number of hydrogen-bond acceptors (Lipinski definition) is 4. The first-order chi connectivity index (χ1) is 8.38. The van der Waals surface area contributed by atoms with E-state index in [0.29, 0.717) is 22.2 Å². The van der Waals surface area contributed by atoms with Gasteiger partial charge in [0, 0.05) is 6.92 Å².